The summed E-state index contributed by atoms with van der Waals surface area (Å²) in [4.78, 5) is 16.5. The predicted molar refractivity (Wildman–Crippen MR) is 139 cm³/mol. The quantitative estimate of drug-likeness (QED) is 0.463. The van der Waals surface area contributed by atoms with Gasteiger partial charge in [0.15, 0.2) is 0 Å². The van der Waals surface area contributed by atoms with Gasteiger partial charge in [-0.2, -0.15) is 0 Å². The lowest BCUT2D eigenvalue weighted by Crippen LogP contribution is -2.52. The molecule has 8 heteroatoms. The van der Waals surface area contributed by atoms with E-state index in [0.717, 1.165) is 43.2 Å². The first-order valence-electron chi connectivity index (χ1n) is 12.7. The van der Waals surface area contributed by atoms with Crippen LogP contribution < -0.4 is 15.4 Å². The van der Waals surface area contributed by atoms with E-state index >= 15 is 0 Å². The van der Waals surface area contributed by atoms with Crippen LogP contribution in [0.25, 0.3) is 0 Å². The number of carbonyl (C=O) groups excluding carboxylic acids is 1. The number of benzene rings is 1. The molecular weight excluding hydrogens is 481 g/mol. The van der Waals surface area contributed by atoms with Crippen LogP contribution in [-0.2, 0) is 17.6 Å². The molecule has 2 heterocycles. The highest BCUT2D eigenvalue weighted by Crippen LogP contribution is 2.48. The monoisotopic (exact) mass is 517 g/mol. The molecule has 6 nitrogen and oxygen atoms in total. The zero-order valence-corrected chi connectivity index (χ0v) is 22.3. The van der Waals surface area contributed by atoms with Crippen LogP contribution in [0.3, 0.4) is 0 Å². The van der Waals surface area contributed by atoms with Crippen molar-refractivity contribution < 1.29 is 19.0 Å². The van der Waals surface area contributed by atoms with Crippen molar-refractivity contribution in [1.29, 1.82) is 0 Å². The van der Waals surface area contributed by atoms with Crippen molar-refractivity contribution in [2.45, 2.75) is 90.0 Å². The van der Waals surface area contributed by atoms with Gasteiger partial charge in [0.25, 0.3) is 0 Å². The molecule has 36 heavy (non-hydrogen) atoms. The molecule has 0 bridgehead atoms. The number of rotatable bonds is 8. The third-order valence-electron chi connectivity index (χ3n) is 7.10. The maximum absolute atomic E-state index is 14.5. The highest BCUT2D eigenvalue weighted by Gasteiger charge is 2.46. The van der Waals surface area contributed by atoms with E-state index in [1.54, 1.807) is 12.1 Å². The minimum absolute atomic E-state index is 0.0184. The Labute approximate surface area is 218 Å². The number of pyridine rings is 1. The Morgan fingerprint density at radius 3 is 2.75 bits per heavy atom. The van der Waals surface area contributed by atoms with E-state index in [4.69, 9.17) is 16.3 Å². The summed E-state index contributed by atoms with van der Waals surface area (Å²) < 4.78 is 20.9. The normalized spacial score (nSPS) is 20.1. The molecule has 1 aromatic carbocycles. The average Bonchev–Trinajstić information content (AvgIpc) is 2.77. The molecule has 3 N–H and O–H groups in total. The summed E-state index contributed by atoms with van der Waals surface area (Å²) in [6.45, 7) is 8.20. The number of ether oxygens (including phenoxy) is 1. The van der Waals surface area contributed by atoms with Crippen molar-refractivity contribution in [3.63, 3.8) is 0 Å². The van der Waals surface area contributed by atoms with E-state index in [-0.39, 0.29) is 41.0 Å². The largest absolute Gasteiger partial charge is 0.471 e. The smallest absolute Gasteiger partial charge is 0.218 e. The summed E-state index contributed by atoms with van der Waals surface area (Å²) in [7, 11) is 0. The van der Waals surface area contributed by atoms with E-state index in [1.165, 1.54) is 13.0 Å². The molecule has 1 amide bonds. The highest BCUT2D eigenvalue weighted by atomic mass is 35.5. The molecule has 1 saturated carbocycles. The van der Waals surface area contributed by atoms with E-state index in [9.17, 15) is 14.3 Å². The summed E-state index contributed by atoms with van der Waals surface area (Å²) in [6.07, 6.45) is 5.87. The van der Waals surface area contributed by atoms with Gasteiger partial charge in [0.1, 0.15) is 11.4 Å². The van der Waals surface area contributed by atoms with Crippen molar-refractivity contribution in [3.05, 3.63) is 58.0 Å². The van der Waals surface area contributed by atoms with Crippen molar-refractivity contribution in [1.82, 2.24) is 15.6 Å². The molecule has 196 valence electrons. The maximum Gasteiger partial charge on any atom is 0.218 e. The number of hydrogen-bond acceptors (Lipinski definition) is 5. The lowest BCUT2D eigenvalue weighted by molar-refractivity contribution is -0.120. The average molecular weight is 518 g/mol. The SMILES string of the molecule is CC(=O)N[C@H](Cc1cccc(Cl)c1F)[C@H](O)CN[C@H]1CC2(CCC2)Oc2ncc(CC(C)(C)C)cc21. The molecule has 1 fully saturated rings. The van der Waals surface area contributed by atoms with E-state index in [0.29, 0.717) is 11.4 Å². The van der Waals surface area contributed by atoms with Crippen molar-refractivity contribution in [2.75, 3.05) is 6.54 Å². The molecule has 1 aromatic heterocycles. The van der Waals surface area contributed by atoms with E-state index in [2.05, 4.69) is 42.5 Å². The first-order valence-corrected chi connectivity index (χ1v) is 13.1. The standard InChI is InChI=1S/C28H37ClFN3O3/c1-17(34)33-22(12-19-7-5-8-21(29)25(19)30)24(35)16-31-23-14-28(9-6-10-28)36-26-20(23)11-18(15-32-26)13-27(2,3)4/h5,7-8,11,15,22-24,31,35H,6,9-10,12-14,16H2,1-4H3,(H,33,34)/t22-,23+,24-/m1/s1. The Bertz CT molecular complexity index is 1100. The molecule has 2 aliphatic rings. The molecule has 1 spiro atoms. The van der Waals surface area contributed by atoms with Crippen molar-refractivity contribution >= 4 is 17.5 Å². The van der Waals surface area contributed by atoms with Crippen LogP contribution in [0.2, 0.25) is 5.02 Å². The number of hydrogen-bond donors (Lipinski definition) is 3. The van der Waals surface area contributed by atoms with Crippen LogP contribution >= 0.6 is 11.6 Å². The topological polar surface area (TPSA) is 83.5 Å². The molecule has 1 aliphatic carbocycles. The van der Waals surface area contributed by atoms with Gasteiger partial charge in [0, 0.05) is 37.7 Å². The van der Waals surface area contributed by atoms with Gasteiger partial charge < -0.3 is 20.5 Å². The number of halogens is 2. The van der Waals surface area contributed by atoms with Crippen LogP contribution in [0.5, 0.6) is 5.88 Å². The molecular formula is C28H37ClFN3O3. The second-order valence-electron chi connectivity index (χ2n) is 11.6. The fourth-order valence-electron chi connectivity index (χ4n) is 5.24. The van der Waals surface area contributed by atoms with Gasteiger partial charge in [-0.1, -0.05) is 44.5 Å². The summed E-state index contributed by atoms with van der Waals surface area (Å²) in [5.74, 6) is -0.162. The van der Waals surface area contributed by atoms with Gasteiger partial charge in [0.2, 0.25) is 11.8 Å². The Hall–Kier alpha value is -2.22. The summed E-state index contributed by atoms with van der Waals surface area (Å²) in [6, 6.07) is 6.20. The number of aliphatic hydroxyl groups excluding tert-OH is 1. The zero-order valence-electron chi connectivity index (χ0n) is 21.5. The van der Waals surface area contributed by atoms with Gasteiger partial charge in [-0.05, 0) is 60.8 Å². The number of fused-ring (bicyclic) bond motifs is 1. The van der Waals surface area contributed by atoms with Gasteiger partial charge in [-0.15, -0.1) is 0 Å². The van der Waals surface area contributed by atoms with Crippen molar-refractivity contribution in [3.8, 4) is 5.88 Å². The van der Waals surface area contributed by atoms with Crippen LogP contribution in [0.15, 0.2) is 30.5 Å². The summed E-state index contributed by atoms with van der Waals surface area (Å²) in [5.41, 5.74) is 2.41. The minimum Gasteiger partial charge on any atom is -0.471 e. The Morgan fingerprint density at radius 1 is 1.36 bits per heavy atom. The van der Waals surface area contributed by atoms with E-state index in [1.807, 2.05) is 6.20 Å². The number of nitrogens with zero attached hydrogens (tertiary/aromatic N) is 1. The third kappa shape index (κ3) is 6.36. The first kappa shape index (κ1) is 26.8. The lowest BCUT2D eigenvalue weighted by atomic mass is 9.73. The fourth-order valence-corrected chi connectivity index (χ4v) is 5.43. The number of amides is 1. The second kappa shape index (κ2) is 10.6. The first-order chi connectivity index (χ1) is 16.9. The van der Waals surface area contributed by atoms with Crippen LogP contribution in [0, 0.1) is 11.2 Å². The number of carbonyl (C=O) groups is 1. The summed E-state index contributed by atoms with van der Waals surface area (Å²) in [5, 5.41) is 17.4. The van der Waals surface area contributed by atoms with Gasteiger partial charge in [-0.25, -0.2) is 9.37 Å². The molecule has 2 aromatic rings. The molecule has 0 saturated heterocycles. The molecule has 4 rings (SSSR count). The van der Waals surface area contributed by atoms with E-state index < -0.39 is 18.0 Å². The third-order valence-corrected chi connectivity index (χ3v) is 7.39. The maximum atomic E-state index is 14.5. The van der Waals surface area contributed by atoms with Crippen LogP contribution in [0.1, 0.15) is 76.1 Å². The number of aliphatic hydroxyl groups is 1. The highest BCUT2D eigenvalue weighted by molar-refractivity contribution is 6.30. The molecule has 0 unspecified atom stereocenters. The van der Waals surface area contributed by atoms with Crippen LogP contribution in [-0.4, -0.2) is 40.3 Å². The second-order valence-corrected chi connectivity index (χ2v) is 12.0. The molecule has 1 aliphatic heterocycles. The van der Waals surface area contributed by atoms with Crippen LogP contribution in [0.4, 0.5) is 4.39 Å². The van der Waals surface area contributed by atoms with Crippen molar-refractivity contribution in [2.24, 2.45) is 5.41 Å². The number of nitrogens with one attached hydrogen (secondary N) is 2. The Kier molecular flexibility index (Phi) is 7.93. The number of aromatic nitrogens is 1. The molecule has 0 radical (unpaired) electrons. The minimum atomic E-state index is -0.943. The Morgan fingerprint density at radius 2 is 2.11 bits per heavy atom. The fraction of sp³-hybridized carbons (Fsp3) is 0.571. The van der Waals surface area contributed by atoms with Gasteiger partial charge in [0.05, 0.1) is 17.2 Å². The Balaban J connectivity index is 1.52. The lowest BCUT2D eigenvalue weighted by Gasteiger charge is -2.47. The zero-order chi connectivity index (χ0) is 26.1. The van der Waals surface area contributed by atoms with Gasteiger partial charge >= 0.3 is 0 Å². The summed E-state index contributed by atoms with van der Waals surface area (Å²) >= 11 is 5.94. The molecule has 3 atom stereocenters. The predicted octanol–water partition coefficient (Wildman–Crippen LogP) is 4.91. The van der Waals surface area contributed by atoms with Gasteiger partial charge in [-0.3, -0.25) is 4.79 Å².